The number of rotatable bonds is 3. The zero-order valence-electron chi connectivity index (χ0n) is 22.7. The van der Waals surface area contributed by atoms with Gasteiger partial charge in [-0.2, -0.15) is 0 Å². The summed E-state index contributed by atoms with van der Waals surface area (Å²) in [6, 6.07) is 51.2. The Labute approximate surface area is 234 Å². The van der Waals surface area contributed by atoms with Gasteiger partial charge in [-0.3, -0.25) is 0 Å². The molecule has 7 aromatic rings. The van der Waals surface area contributed by atoms with Crippen molar-refractivity contribution in [1.82, 2.24) is 0 Å². The van der Waals surface area contributed by atoms with Crippen molar-refractivity contribution in [2.24, 2.45) is 0 Å². The topological polar surface area (TPSA) is 3.24 Å². The fourth-order valence-electron chi connectivity index (χ4n) is 6.81. The Morgan fingerprint density at radius 2 is 0.900 bits per heavy atom. The highest BCUT2D eigenvalue weighted by atomic mass is 15.1. The van der Waals surface area contributed by atoms with Gasteiger partial charge in [0.1, 0.15) is 0 Å². The molecule has 1 heteroatoms. The lowest BCUT2D eigenvalue weighted by atomic mass is 9.80. The number of hydrogen-bond acceptors (Lipinski definition) is 1. The summed E-state index contributed by atoms with van der Waals surface area (Å²) in [5, 5.41) is 7.64. The number of anilines is 3. The third-order valence-electron chi connectivity index (χ3n) is 8.76. The average Bonchev–Trinajstić information content (AvgIpc) is 3.23. The van der Waals surface area contributed by atoms with Gasteiger partial charge < -0.3 is 4.90 Å². The molecule has 0 bridgehead atoms. The number of benzene rings is 7. The molecule has 0 atom stereocenters. The van der Waals surface area contributed by atoms with E-state index in [0.717, 1.165) is 11.4 Å². The number of hydrogen-bond donors (Lipinski definition) is 0. The molecule has 0 fully saturated rings. The largest absolute Gasteiger partial charge is 0.310 e. The minimum Gasteiger partial charge on any atom is -0.310 e. The Bertz CT molecular complexity index is 2020. The van der Waals surface area contributed by atoms with Crippen molar-refractivity contribution in [1.29, 1.82) is 0 Å². The molecule has 0 saturated carbocycles. The molecule has 0 N–H and O–H groups in total. The summed E-state index contributed by atoms with van der Waals surface area (Å²) in [6.07, 6.45) is 0. The zero-order chi connectivity index (χ0) is 26.8. The SMILES string of the molecule is CC1(C)c2cc(N(c3ccc4ccccc4c3)c3ccc4ccccc4c3)ccc2-c2ccc3ccccc3c21. The van der Waals surface area contributed by atoms with Crippen LogP contribution in [-0.4, -0.2) is 0 Å². The highest BCUT2D eigenvalue weighted by molar-refractivity contribution is 5.99. The minimum absolute atomic E-state index is 0.111. The van der Waals surface area contributed by atoms with Gasteiger partial charge in [-0.25, -0.2) is 0 Å². The van der Waals surface area contributed by atoms with E-state index in [2.05, 4.69) is 158 Å². The second-order valence-corrected chi connectivity index (χ2v) is 11.5. The second-order valence-electron chi connectivity index (χ2n) is 11.5. The van der Waals surface area contributed by atoms with E-state index >= 15 is 0 Å². The summed E-state index contributed by atoms with van der Waals surface area (Å²) < 4.78 is 0. The highest BCUT2D eigenvalue weighted by Crippen LogP contribution is 2.53. The fourth-order valence-corrected chi connectivity index (χ4v) is 6.81. The first-order chi connectivity index (χ1) is 19.6. The van der Waals surface area contributed by atoms with Crippen LogP contribution in [0.1, 0.15) is 25.0 Å². The van der Waals surface area contributed by atoms with Gasteiger partial charge in [0.2, 0.25) is 0 Å². The van der Waals surface area contributed by atoms with Crippen LogP contribution >= 0.6 is 0 Å². The summed E-state index contributed by atoms with van der Waals surface area (Å²) in [6.45, 7) is 4.76. The molecule has 0 aromatic heterocycles. The summed E-state index contributed by atoms with van der Waals surface area (Å²) in [4.78, 5) is 2.41. The van der Waals surface area contributed by atoms with Crippen LogP contribution in [0.2, 0.25) is 0 Å². The quantitative estimate of drug-likeness (QED) is 0.228. The van der Waals surface area contributed by atoms with E-state index in [1.54, 1.807) is 0 Å². The van der Waals surface area contributed by atoms with E-state index in [4.69, 9.17) is 0 Å². The number of fused-ring (bicyclic) bond motifs is 7. The average molecular weight is 512 g/mol. The fraction of sp³-hybridized carbons (Fsp3) is 0.0769. The molecule has 0 unspecified atom stereocenters. The molecule has 0 amide bonds. The predicted molar refractivity (Wildman–Crippen MR) is 171 cm³/mol. The monoisotopic (exact) mass is 511 g/mol. The Hall–Kier alpha value is -4.88. The van der Waals surface area contributed by atoms with Gasteiger partial charge in [-0.05, 0) is 91.0 Å². The molecular weight excluding hydrogens is 482 g/mol. The van der Waals surface area contributed by atoms with Crippen LogP contribution in [0.15, 0.2) is 140 Å². The van der Waals surface area contributed by atoms with E-state index in [1.807, 2.05) is 0 Å². The van der Waals surface area contributed by atoms with E-state index in [0.29, 0.717) is 0 Å². The van der Waals surface area contributed by atoms with Crippen LogP contribution in [0, 0.1) is 0 Å². The van der Waals surface area contributed by atoms with E-state index in [9.17, 15) is 0 Å². The van der Waals surface area contributed by atoms with Gasteiger partial charge in [0.15, 0.2) is 0 Å². The first kappa shape index (κ1) is 23.0. The first-order valence-corrected chi connectivity index (χ1v) is 14.0. The van der Waals surface area contributed by atoms with Crippen LogP contribution in [0.3, 0.4) is 0 Å². The van der Waals surface area contributed by atoms with Crippen LogP contribution in [0.25, 0.3) is 43.4 Å². The summed E-state index contributed by atoms with van der Waals surface area (Å²) in [7, 11) is 0. The molecule has 7 aromatic carbocycles. The Balaban J connectivity index is 1.35. The van der Waals surface area contributed by atoms with Crippen LogP contribution in [-0.2, 0) is 5.41 Å². The van der Waals surface area contributed by atoms with Crippen LogP contribution in [0.5, 0.6) is 0 Å². The lowest BCUT2D eigenvalue weighted by molar-refractivity contribution is 0.666. The molecule has 0 heterocycles. The summed E-state index contributed by atoms with van der Waals surface area (Å²) in [5.74, 6) is 0. The van der Waals surface area contributed by atoms with Crippen molar-refractivity contribution in [3.8, 4) is 11.1 Å². The summed E-state index contributed by atoms with van der Waals surface area (Å²) >= 11 is 0. The highest BCUT2D eigenvalue weighted by Gasteiger charge is 2.37. The van der Waals surface area contributed by atoms with Crippen LogP contribution < -0.4 is 4.90 Å². The maximum absolute atomic E-state index is 2.43. The Morgan fingerprint density at radius 3 is 1.55 bits per heavy atom. The molecule has 190 valence electrons. The predicted octanol–water partition coefficient (Wildman–Crippen LogP) is 10.9. The molecule has 1 aliphatic carbocycles. The zero-order valence-corrected chi connectivity index (χ0v) is 22.7. The first-order valence-electron chi connectivity index (χ1n) is 14.0. The Morgan fingerprint density at radius 1 is 0.425 bits per heavy atom. The lowest BCUT2D eigenvalue weighted by Gasteiger charge is -2.29. The van der Waals surface area contributed by atoms with Gasteiger partial charge in [0.25, 0.3) is 0 Å². The smallest absolute Gasteiger partial charge is 0.0468 e. The van der Waals surface area contributed by atoms with Gasteiger partial charge in [-0.15, -0.1) is 0 Å². The minimum atomic E-state index is -0.111. The van der Waals surface area contributed by atoms with Gasteiger partial charge >= 0.3 is 0 Å². The van der Waals surface area contributed by atoms with Crippen molar-refractivity contribution >= 4 is 49.4 Å². The van der Waals surface area contributed by atoms with Crippen molar-refractivity contribution in [3.05, 3.63) is 151 Å². The molecule has 0 spiro atoms. The van der Waals surface area contributed by atoms with E-state index in [1.165, 1.54) is 60.3 Å². The molecule has 0 radical (unpaired) electrons. The molecule has 1 aliphatic rings. The lowest BCUT2D eigenvalue weighted by Crippen LogP contribution is -2.17. The van der Waals surface area contributed by atoms with E-state index < -0.39 is 0 Å². The molecule has 8 rings (SSSR count). The molecule has 40 heavy (non-hydrogen) atoms. The van der Waals surface area contributed by atoms with Crippen molar-refractivity contribution in [3.63, 3.8) is 0 Å². The third kappa shape index (κ3) is 3.41. The van der Waals surface area contributed by atoms with Crippen LogP contribution in [0.4, 0.5) is 17.1 Å². The van der Waals surface area contributed by atoms with Gasteiger partial charge in [0.05, 0.1) is 0 Å². The molecule has 0 aliphatic heterocycles. The van der Waals surface area contributed by atoms with Crippen molar-refractivity contribution in [2.75, 3.05) is 4.90 Å². The third-order valence-corrected chi connectivity index (χ3v) is 8.76. The maximum Gasteiger partial charge on any atom is 0.0468 e. The van der Waals surface area contributed by atoms with Crippen molar-refractivity contribution in [2.45, 2.75) is 19.3 Å². The van der Waals surface area contributed by atoms with Gasteiger partial charge in [-0.1, -0.05) is 117 Å². The second kappa shape index (κ2) is 8.56. The van der Waals surface area contributed by atoms with E-state index in [-0.39, 0.29) is 5.41 Å². The molecular formula is C39H29N. The molecule has 0 saturated heterocycles. The standard InChI is InChI=1S/C39H29N/c1-39(2)37-25-33(20-22-35(37)36-21-17-28-11-7-8-14-34(28)38(36)39)40(31-18-15-26-9-3-5-12-29(26)23-31)32-19-16-27-10-4-6-13-30(27)24-32/h3-25H,1-2H3. The Kier molecular flexibility index (Phi) is 4.93. The van der Waals surface area contributed by atoms with Crippen molar-refractivity contribution < 1.29 is 0 Å². The van der Waals surface area contributed by atoms with Gasteiger partial charge in [0, 0.05) is 22.5 Å². The molecule has 1 nitrogen and oxygen atoms in total. The number of nitrogens with zero attached hydrogens (tertiary/aromatic N) is 1. The summed E-state index contributed by atoms with van der Waals surface area (Å²) in [5.41, 5.74) is 8.89. The normalized spacial score (nSPS) is 13.4. The maximum atomic E-state index is 2.43.